The Morgan fingerprint density at radius 2 is 2.14 bits per heavy atom. The molecule has 0 atom stereocenters. The zero-order valence-corrected chi connectivity index (χ0v) is 12.4. The van der Waals surface area contributed by atoms with Gasteiger partial charge in [-0.15, -0.1) is 0 Å². The number of nitrogens with zero attached hydrogens (tertiary/aromatic N) is 1. The van der Waals surface area contributed by atoms with Crippen molar-refractivity contribution in [2.75, 3.05) is 10.7 Å². The molecule has 1 heterocycles. The molecule has 5 nitrogen and oxygen atoms in total. The summed E-state index contributed by atoms with van der Waals surface area (Å²) >= 11 is 5.90. The summed E-state index contributed by atoms with van der Waals surface area (Å²) in [4.78, 5) is 16.6. The Morgan fingerprint density at radius 1 is 1.33 bits per heavy atom. The molecule has 0 saturated carbocycles. The largest absolute Gasteiger partial charge is 0.322 e. The molecule has 0 aliphatic rings. The van der Waals surface area contributed by atoms with Crippen LogP contribution >= 0.6 is 11.6 Å². The van der Waals surface area contributed by atoms with Gasteiger partial charge in [-0.25, -0.2) is 10.8 Å². The number of nitrogens with one attached hydrogen (secondary N) is 2. The van der Waals surface area contributed by atoms with Crippen molar-refractivity contribution in [1.29, 1.82) is 0 Å². The number of carbonyl (C=O) groups is 1. The molecule has 0 spiro atoms. The van der Waals surface area contributed by atoms with E-state index in [0.29, 0.717) is 22.1 Å². The molecule has 0 aliphatic heterocycles. The van der Waals surface area contributed by atoms with Gasteiger partial charge < -0.3 is 10.7 Å². The molecule has 1 amide bonds. The maximum Gasteiger partial charge on any atom is 0.255 e. The van der Waals surface area contributed by atoms with Crippen molar-refractivity contribution < 1.29 is 4.79 Å². The number of nitrogens with two attached hydrogens (primary N) is 1. The number of aryl methyl sites for hydroxylation is 1. The molecule has 1 aromatic heterocycles. The van der Waals surface area contributed by atoms with Crippen molar-refractivity contribution in [2.45, 2.75) is 19.8 Å². The van der Waals surface area contributed by atoms with Gasteiger partial charge in [0.05, 0.1) is 0 Å². The summed E-state index contributed by atoms with van der Waals surface area (Å²) in [6.07, 6.45) is 1.73. The number of hydrazine groups is 1. The minimum absolute atomic E-state index is 0.228. The molecule has 2 rings (SSSR count). The Labute approximate surface area is 128 Å². The highest BCUT2D eigenvalue weighted by molar-refractivity contribution is 6.30. The van der Waals surface area contributed by atoms with Crippen LogP contribution in [0.5, 0.6) is 0 Å². The molecule has 21 heavy (non-hydrogen) atoms. The van der Waals surface area contributed by atoms with E-state index in [2.05, 4.69) is 22.7 Å². The lowest BCUT2D eigenvalue weighted by atomic mass is 10.1. The minimum atomic E-state index is -0.228. The first-order valence-electron chi connectivity index (χ1n) is 6.67. The van der Waals surface area contributed by atoms with Crippen LogP contribution in [0.4, 0.5) is 11.5 Å². The standard InChI is InChI=1S/C15H17ClN4O/c1-2-4-12-7-10(8-14(18-12)20-17)15(21)19-13-6-3-5-11(16)9-13/h3,5-9H,2,4,17H2,1H3,(H,18,20)(H,19,21). The van der Waals surface area contributed by atoms with Crippen molar-refractivity contribution >= 4 is 29.0 Å². The Kier molecular flexibility index (Phi) is 5.14. The van der Waals surface area contributed by atoms with Gasteiger partial charge >= 0.3 is 0 Å². The van der Waals surface area contributed by atoms with Crippen LogP contribution in [-0.4, -0.2) is 10.9 Å². The lowest BCUT2D eigenvalue weighted by molar-refractivity contribution is 0.102. The average Bonchev–Trinajstić information content (AvgIpc) is 2.47. The van der Waals surface area contributed by atoms with Gasteiger partial charge in [0.2, 0.25) is 0 Å². The van der Waals surface area contributed by atoms with Crippen molar-refractivity contribution in [3.05, 3.63) is 52.7 Å². The highest BCUT2D eigenvalue weighted by atomic mass is 35.5. The molecule has 2 aromatic rings. The fourth-order valence-electron chi connectivity index (χ4n) is 1.95. The van der Waals surface area contributed by atoms with Crippen molar-refractivity contribution in [3.8, 4) is 0 Å². The van der Waals surface area contributed by atoms with E-state index in [1.165, 1.54) is 0 Å². The number of rotatable bonds is 5. The average molecular weight is 305 g/mol. The van der Waals surface area contributed by atoms with E-state index in [9.17, 15) is 4.79 Å². The molecule has 0 fully saturated rings. The molecule has 1 aromatic carbocycles. The summed E-state index contributed by atoms with van der Waals surface area (Å²) in [5.41, 5.74) is 4.45. The van der Waals surface area contributed by atoms with E-state index in [4.69, 9.17) is 17.4 Å². The first-order valence-corrected chi connectivity index (χ1v) is 7.04. The molecule has 0 bridgehead atoms. The van der Waals surface area contributed by atoms with Gasteiger partial charge in [0.25, 0.3) is 5.91 Å². The molecule has 6 heteroatoms. The molecule has 0 saturated heterocycles. The summed E-state index contributed by atoms with van der Waals surface area (Å²) in [7, 11) is 0. The highest BCUT2D eigenvalue weighted by Gasteiger charge is 2.10. The van der Waals surface area contributed by atoms with Crippen molar-refractivity contribution in [1.82, 2.24) is 4.98 Å². The third-order valence-corrected chi connectivity index (χ3v) is 3.11. The zero-order chi connectivity index (χ0) is 15.2. The monoisotopic (exact) mass is 304 g/mol. The number of halogens is 1. The van der Waals surface area contributed by atoms with Crippen molar-refractivity contribution in [3.63, 3.8) is 0 Å². The number of nitrogen functional groups attached to an aromatic ring is 1. The van der Waals surface area contributed by atoms with Gasteiger partial charge in [-0.05, 0) is 36.8 Å². The van der Waals surface area contributed by atoms with Crippen LogP contribution in [0, 0.1) is 0 Å². The summed E-state index contributed by atoms with van der Waals surface area (Å²) in [6.45, 7) is 2.05. The molecular weight excluding hydrogens is 288 g/mol. The number of amides is 1. The number of anilines is 2. The fraction of sp³-hybridized carbons (Fsp3) is 0.200. The predicted octanol–water partition coefficient (Wildman–Crippen LogP) is 3.23. The number of hydrogen-bond acceptors (Lipinski definition) is 4. The van der Waals surface area contributed by atoms with E-state index in [-0.39, 0.29) is 5.91 Å². The van der Waals surface area contributed by atoms with Gasteiger partial charge in [0, 0.05) is 22.0 Å². The third kappa shape index (κ3) is 4.18. The second-order valence-corrected chi connectivity index (χ2v) is 5.03. The number of pyridine rings is 1. The molecule has 0 radical (unpaired) electrons. The SMILES string of the molecule is CCCc1cc(C(=O)Nc2cccc(Cl)c2)cc(NN)n1. The number of aromatic nitrogens is 1. The van der Waals surface area contributed by atoms with Crippen LogP contribution in [0.15, 0.2) is 36.4 Å². The Hall–Kier alpha value is -2.11. The summed E-state index contributed by atoms with van der Waals surface area (Å²) in [5, 5.41) is 3.37. The quantitative estimate of drug-likeness (QED) is 0.585. The first-order chi connectivity index (χ1) is 10.1. The molecule has 0 aliphatic carbocycles. The number of benzene rings is 1. The minimum Gasteiger partial charge on any atom is -0.322 e. The van der Waals surface area contributed by atoms with Gasteiger partial charge in [0.1, 0.15) is 5.82 Å². The van der Waals surface area contributed by atoms with Crippen LogP contribution in [-0.2, 0) is 6.42 Å². The first kappa shape index (κ1) is 15.3. The molecule has 0 unspecified atom stereocenters. The van der Waals surface area contributed by atoms with Crippen LogP contribution < -0.4 is 16.6 Å². The lowest BCUT2D eigenvalue weighted by Crippen LogP contribution is -2.15. The summed E-state index contributed by atoms with van der Waals surface area (Å²) < 4.78 is 0. The zero-order valence-electron chi connectivity index (χ0n) is 11.7. The van der Waals surface area contributed by atoms with Gasteiger partial charge in [-0.1, -0.05) is 31.0 Å². The number of carbonyl (C=O) groups excluding carboxylic acids is 1. The van der Waals surface area contributed by atoms with Crippen molar-refractivity contribution in [2.24, 2.45) is 5.84 Å². The topological polar surface area (TPSA) is 80.0 Å². The van der Waals surface area contributed by atoms with Gasteiger partial charge in [-0.2, -0.15) is 0 Å². The summed E-state index contributed by atoms with van der Waals surface area (Å²) in [6, 6.07) is 10.4. The van der Waals surface area contributed by atoms with Crippen LogP contribution in [0.2, 0.25) is 5.02 Å². The summed E-state index contributed by atoms with van der Waals surface area (Å²) in [5.74, 6) is 5.64. The van der Waals surface area contributed by atoms with Gasteiger partial charge in [-0.3, -0.25) is 4.79 Å². The lowest BCUT2D eigenvalue weighted by Gasteiger charge is -2.09. The maximum absolute atomic E-state index is 12.3. The maximum atomic E-state index is 12.3. The molecular formula is C15H17ClN4O. The fourth-order valence-corrected chi connectivity index (χ4v) is 2.14. The normalized spacial score (nSPS) is 10.2. The van der Waals surface area contributed by atoms with E-state index >= 15 is 0 Å². The molecule has 4 N–H and O–H groups in total. The van der Waals surface area contributed by atoms with E-state index in [1.54, 1.807) is 36.4 Å². The Bertz CT molecular complexity index is 645. The smallest absolute Gasteiger partial charge is 0.255 e. The van der Waals surface area contributed by atoms with E-state index in [1.807, 2.05) is 0 Å². The van der Waals surface area contributed by atoms with E-state index < -0.39 is 0 Å². The Morgan fingerprint density at radius 3 is 2.81 bits per heavy atom. The molecule has 110 valence electrons. The van der Waals surface area contributed by atoms with Crippen LogP contribution in [0.25, 0.3) is 0 Å². The van der Waals surface area contributed by atoms with E-state index in [0.717, 1.165) is 18.5 Å². The second kappa shape index (κ2) is 7.06. The van der Waals surface area contributed by atoms with Crippen LogP contribution in [0.3, 0.4) is 0 Å². The number of hydrogen-bond donors (Lipinski definition) is 3. The Balaban J connectivity index is 2.23. The third-order valence-electron chi connectivity index (χ3n) is 2.88. The second-order valence-electron chi connectivity index (χ2n) is 4.59. The van der Waals surface area contributed by atoms with Crippen LogP contribution in [0.1, 0.15) is 29.4 Å². The van der Waals surface area contributed by atoms with Gasteiger partial charge in [0.15, 0.2) is 0 Å². The predicted molar refractivity (Wildman–Crippen MR) is 85.4 cm³/mol. The highest BCUT2D eigenvalue weighted by Crippen LogP contribution is 2.17.